The maximum atomic E-state index is 13.3. The number of nitrogens with zero attached hydrogens (tertiary/aromatic N) is 1. The van der Waals surface area contributed by atoms with Crippen LogP contribution >= 0.6 is 11.3 Å². The average Bonchev–Trinajstić information content (AvgIpc) is 3.33. The minimum atomic E-state index is -0.758. The Kier molecular flexibility index (Phi) is 6.24. The van der Waals surface area contributed by atoms with Crippen molar-refractivity contribution in [1.29, 1.82) is 0 Å². The van der Waals surface area contributed by atoms with Crippen LogP contribution in [0.3, 0.4) is 0 Å². The van der Waals surface area contributed by atoms with Crippen molar-refractivity contribution in [2.24, 2.45) is 0 Å². The molecule has 4 rings (SSSR count). The van der Waals surface area contributed by atoms with Crippen LogP contribution in [0, 0.1) is 6.92 Å². The molecule has 1 atom stereocenters. The summed E-state index contributed by atoms with van der Waals surface area (Å²) in [5.74, 6) is -0.527. The number of benzene rings is 2. The van der Waals surface area contributed by atoms with E-state index in [4.69, 9.17) is 9.47 Å². The number of aliphatic hydroxyl groups excluding tert-OH is 1. The predicted molar refractivity (Wildman–Crippen MR) is 129 cm³/mol. The number of ketones is 1. The third kappa shape index (κ3) is 4.24. The number of ether oxygens (including phenoxy) is 2. The van der Waals surface area contributed by atoms with Crippen LogP contribution in [0.15, 0.2) is 65.6 Å². The van der Waals surface area contributed by atoms with Gasteiger partial charge in [-0.1, -0.05) is 18.2 Å². The molecule has 1 amide bonds. The molecule has 1 aliphatic rings. The van der Waals surface area contributed by atoms with E-state index in [1.165, 1.54) is 16.2 Å². The highest BCUT2D eigenvalue weighted by Crippen LogP contribution is 2.45. The number of carbonyl (C=O) groups is 2. The summed E-state index contributed by atoms with van der Waals surface area (Å²) < 4.78 is 11.1. The Hall–Kier alpha value is -3.58. The molecule has 3 aromatic rings. The first kappa shape index (κ1) is 22.6. The van der Waals surface area contributed by atoms with Gasteiger partial charge in [-0.15, -0.1) is 11.3 Å². The van der Waals surface area contributed by atoms with Crippen LogP contribution in [0.5, 0.6) is 11.5 Å². The highest BCUT2D eigenvalue weighted by molar-refractivity contribution is 7.10. The van der Waals surface area contributed by atoms with Gasteiger partial charge in [-0.05, 0) is 62.0 Å². The molecule has 170 valence electrons. The average molecular weight is 464 g/mol. The van der Waals surface area contributed by atoms with Gasteiger partial charge >= 0.3 is 0 Å². The van der Waals surface area contributed by atoms with Crippen LogP contribution in [0.2, 0.25) is 0 Å². The number of amides is 1. The van der Waals surface area contributed by atoms with Crippen molar-refractivity contribution in [2.45, 2.75) is 32.9 Å². The van der Waals surface area contributed by atoms with Gasteiger partial charge in [0.15, 0.2) is 0 Å². The Balaban J connectivity index is 1.90. The molecule has 0 radical (unpaired) electrons. The summed E-state index contributed by atoms with van der Waals surface area (Å²) in [4.78, 5) is 28.8. The number of thiophene rings is 1. The van der Waals surface area contributed by atoms with Gasteiger partial charge in [0.05, 0.1) is 18.8 Å². The molecule has 1 N–H and O–H groups in total. The number of aliphatic hydroxyl groups is 1. The molecule has 33 heavy (non-hydrogen) atoms. The van der Waals surface area contributed by atoms with Gasteiger partial charge in [-0.3, -0.25) is 14.5 Å². The van der Waals surface area contributed by atoms with Gasteiger partial charge in [0.1, 0.15) is 23.3 Å². The normalized spacial score (nSPS) is 17.6. The second-order valence-electron chi connectivity index (χ2n) is 8.03. The van der Waals surface area contributed by atoms with Crippen LogP contribution in [-0.4, -0.2) is 30.0 Å². The van der Waals surface area contributed by atoms with E-state index in [1.807, 2.05) is 32.2 Å². The first-order valence-corrected chi connectivity index (χ1v) is 11.5. The monoisotopic (exact) mass is 463 g/mol. The van der Waals surface area contributed by atoms with Crippen molar-refractivity contribution in [3.05, 3.63) is 81.6 Å². The number of Topliss-reactive ketones (excluding diaryl/α,β-unsaturated/α-hetero) is 1. The van der Waals surface area contributed by atoms with Crippen molar-refractivity contribution in [1.82, 2.24) is 0 Å². The topological polar surface area (TPSA) is 76.1 Å². The summed E-state index contributed by atoms with van der Waals surface area (Å²) in [6.45, 7) is 5.74. The number of anilines is 1. The molecule has 0 aliphatic carbocycles. The number of hydrogen-bond acceptors (Lipinski definition) is 6. The molecule has 1 aromatic heterocycles. The molecule has 2 aromatic carbocycles. The number of carbonyl (C=O) groups excluding carboxylic acids is 2. The number of methoxy groups -OCH3 is 1. The zero-order valence-corrected chi connectivity index (χ0v) is 19.7. The largest absolute Gasteiger partial charge is 0.507 e. The summed E-state index contributed by atoms with van der Waals surface area (Å²) in [5, 5.41) is 13.2. The van der Waals surface area contributed by atoms with E-state index in [1.54, 1.807) is 55.6 Å². The van der Waals surface area contributed by atoms with E-state index in [-0.39, 0.29) is 17.4 Å². The Bertz CT molecular complexity index is 1240. The van der Waals surface area contributed by atoms with Crippen molar-refractivity contribution >= 4 is 34.5 Å². The molecule has 0 saturated carbocycles. The predicted octanol–water partition coefficient (Wildman–Crippen LogP) is 5.48. The van der Waals surface area contributed by atoms with E-state index in [0.29, 0.717) is 22.7 Å². The third-order valence-corrected chi connectivity index (χ3v) is 6.48. The van der Waals surface area contributed by atoms with E-state index < -0.39 is 17.7 Å². The van der Waals surface area contributed by atoms with Gasteiger partial charge in [-0.2, -0.15) is 0 Å². The zero-order valence-electron chi connectivity index (χ0n) is 18.9. The Morgan fingerprint density at radius 2 is 1.79 bits per heavy atom. The molecule has 6 nitrogen and oxygen atoms in total. The molecule has 1 aliphatic heterocycles. The quantitative estimate of drug-likeness (QED) is 0.298. The molecular formula is C26H25NO5S. The van der Waals surface area contributed by atoms with Gasteiger partial charge in [-0.25, -0.2) is 0 Å². The highest BCUT2D eigenvalue weighted by Gasteiger charge is 2.48. The van der Waals surface area contributed by atoms with Crippen LogP contribution in [0.4, 0.5) is 5.69 Å². The van der Waals surface area contributed by atoms with E-state index in [9.17, 15) is 14.7 Å². The summed E-state index contributed by atoms with van der Waals surface area (Å²) in [5.41, 5.74) is 1.92. The van der Waals surface area contributed by atoms with Gasteiger partial charge in [0.25, 0.3) is 11.7 Å². The fourth-order valence-electron chi connectivity index (χ4n) is 3.92. The molecule has 2 heterocycles. The van der Waals surface area contributed by atoms with Crippen molar-refractivity contribution in [3.63, 3.8) is 0 Å². The summed E-state index contributed by atoms with van der Waals surface area (Å²) in [7, 11) is 1.54. The van der Waals surface area contributed by atoms with Crippen LogP contribution < -0.4 is 14.4 Å². The maximum absolute atomic E-state index is 13.3. The lowest BCUT2D eigenvalue weighted by Gasteiger charge is -2.25. The van der Waals surface area contributed by atoms with Gasteiger partial charge < -0.3 is 14.6 Å². The lowest BCUT2D eigenvalue weighted by molar-refractivity contribution is -0.132. The second kappa shape index (κ2) is 9.11. The first-order valence-electron chi connectivity index (χ1n) is 10.6. The molecule has 1 saturated heterocycles. The van der Waals surface area contributed by atoms with E-state index in [2.05, 4.69) is 0 Å². The minimum absolute atomic E-state index is 0.0465. The Labute approximate surface area is 196 Å². The molecule has 0 spiro atoms. The first-order chi connectivity index (χ1) is 15.8. The number of rotatable bonds is 6. The molecule has 1 unspecified atom stereocenters. The maximum Gasteiger partial charge on any atom is 0.300 e. The molecule has 1 fully saturated rings. The fraction of sp³-hybridized carbons (Fsp3) is 0.231. The van der Waals surface area contributed by atoms with Crippen LogP contribution in [0.1, 0.15) is 35.9 Å². The van der Waals surface area contributed by atoms with Crippen molar-refractivity contribution in [2.75, 3.05) is 12.0 Å². The van der Waals surface area contributed by atoms with Gasteiger partial charge in [0, 0.05) is 22.2 Å². The fourth-order valence-corrected chi connectivity index (χ4v) is 4.94. The molecule has 0 bridgehead atoms. The standard InChI is InChI=1S/C26H25NO5S/c1-15(2)32-20-10-5-7-17(13-20)23(28)21-22(25-16(3)11-12-33-25)27(26(30)24(21)29)18-8-6-9-19(14-18)31-4/h5-15,22,28H,1-4H3/b23-21-. The summed E-state index contributed by atoms with van der Waals surface area (Å²) >= 11 is 1.44. The van der Waals surface area contributed by atoms with Crippen LogP contribution in [-0.2, 0) is 9.59 Å². The lowest BCUT2D eigenvalue weighted by atomic mass is 9.98. The number of aryl methyl sites for hydroxylation is 1. The van der Waals surface area contributed by atoms with Crippen molar-refractivity contribution < 1.29 is 24.2 Å². The number of hydrogen-bond donors (Lipinski definition) is 1. The van der Waals surface area contributed by atoms with Crippen LogP contribution in [0.25, 0.3) is 5.76 Å². The van der Waals surface area contributed by atoms with E-state index in [0.717, 1.165) is 10.4 Å². The third-order valence-electron chi connectivity index (χ3n) is 5.41. The smallest absolute Gasteiger partial charge is 0.300 e. The van der Waals surface area contributed by atoms with E-state index >= 15 is 0 Å². The summed E-state index contributed by atoms with van der Waals surface area (Å²) in [6.07, 6.45) is -0.0465. The zero-order chi connectivity index (χ0) is 23.7. The second-order valence-corrected chi connectivity index (χ2v) is 8.98. The van der Waals surface area contributed by atoms with Gasteiger partial charge in [0.2, 0.25) is 0 Å². The minimum Gasteiger partial charge on any atom is -0.507 e. The molecule has 7 heteroatoms. The Morgan fingerprint density at radius 3 is 2.45 bits per heavy atom. The summed E-state index contributed by atoms with van der Waals surface area (Å²) in [6, 6.07) is 15.1. The Morgan fingerprint density at radius 1 is 1.06 bits per heavy atom. The lowest BCUT2D eigenvalue weighted by Crippen LogP contribution is -2.29. The van der Waals surface area contributed by atoms with Crippen molar-refractivity contribution in [3.8, 4) is 11.5 Å². The highest BCUT2D eigenvalue weighted by atomic mass is 32.1. The molecular weight excluding hydrogens is 438 g/mol. The SMILES string of the molecule is COc1cccc(N2C(=O)C(=O)/C(=C(\O)c3cccc(OC(C)C)c3)C2c2sccc2C)c1.